The molecular formula is C16H18N2O2. The molecule has 0 aromatic heterocycles. The second kappa shape index (κ2) is 6.21. The summed E-state index contributed by atoms with van der Waals surface area (Å²) in [5.74, 6) is -0.221. The topological polar surface area (TPSA) is 75.3 Å². The van der Waals surface area contributed by atoms with Crippen LogP contribution in [0.1, 0.15) is 21.5 Å². The molecular weight excluding hydrogens is 252 g/mol. The number of aryl methyl sites for hydroxylation is 1. The summed E-state index contributed by atoms with van der Waals surface area (Å²) in [7, 11) is 0. The van der Waals surface area contributed by atoms with Crippen molar-refractivity contribution >= 4 is 17.3 Å². The number of nitrogens with two attached hydrogens (primary N) is 1. The fourth-order valence-electron chi connectivity index (χ4n) is 1.96. The van der Waals surface area contributed by atoms with Crippen LogP contribution in [-0.4, -0.2) is 17.6 Å². The first-order valence-electron chi connectivity index (χ1n) is 6.48. The molecule has 0 saturated heterocycles. The van der Waals surface area contributed by atoms with E-state index in [1.54, 1.807) is 6.07 Å². The summed E-state index contributed by atoms with van der Waals surface area (Å²) in [6, 6.07) is 12.8. The molecule has 0 aliphatic rings. The van der Waals surface area contributed by atoms with Crippen LogP contribution >= 0.6 is 0 Å². The average molecular weight is 270 g/mol. The Bertz CT molecular complexity index is 606. The van der Waals surface area contributed by atoms with E-state index < -0.39 is 0 Å². The maximum absolute atomic E-state index is 12.2. The zero-order valence-corrected chi connectivity index (χ0v) is 11.4. The number of para-hydroxylation sites is 1. The number of rotatable bonds is 4. The van der Waals surface area contributed by atoms with Gasteiger partial charge in [0, 0.05) is 18.0 Å². The maximum atomic E-state index is 12.2. The number of carbonyl (C=O) groups is 1. The summed E-state index contributed by atoms with van der Waals surface area (Å²) >= 11 is 0. The van der Waals surface area contributed by atoms with Crippen LogP contribution in [0, 0.1) is 6.92 Å². The fourth-order valence-corrected chi connectivity index (χ4v) is 1.96. The minimum absolute atomic E-state index is 0.117. The van der Waals surface area contributed by atoms with Crippen LogP contribution in [0.25, 0.3) is 0 Å². The minimum atomic E-state index is -0.221. The molecule has 104 valence electrons. The first-order chi connectivity index (χ1) is 9.61. The van der Waals surface area contributed by atoms with E-state index >= 15 is 0 Å². The Hall–Kier alpha value is -2.33. The van der Waals surface area contributed by atoms with Gasteiger partial charge in [-0.25, -0.2) is 0 Å². The van der Waals surface area contributed by atoms with E-state index in [-0.39, 0.29) is 12.5 Å². The molecule has 0 radical (unpaired) electrons. The van der Waals surface area contributed by atoms with Crippen molar-refractivity contribution in [2.24, 2.45) is 0 Å². The minimum Gasteiger partial charge on any atom is -0.398 e. The number of hydrogen-bond donors (Lipinski definition) is 3. The molecule has 0 saturated carbocycles. The molecule has 0 heterocycles. The molecule has 2 aromatic carbocycles. The molecule has 0 spiro atoms. The molecule has 4 nitrogen and oxygen atoms in total. The highest BCUT2D eigenvalue weighted by atomic mass is 16.2. The number of benzene rings is 2. The zero-order valence-electron chi connectivity index (χ0n) is 11.4. The molecule has 0 bridgehead atoms. The molecule has 4 N–H and O–H groups in total. The van der Waals surface area contributed by atoms with Crippen LogP contribution in [0.4, 0.5) is 11.4 Å². The highest BCUT2D eigenvalue weighted by molar-refractivity contribution is 6.08. The van der Waals surface area contributed by atoms with Gasteiger partial charge >= 0.3 is 0 Å². The second-order valence-electron chi connectivity index (χ2n) is 4.66. The Morgan fingerprint density at radius 3 is 2.55 bits per heavy atom. The lowest BCUT2D eigenvalue weighted by Crippen LogP contribution is -2.14. The van der Waals surface area contributed by atoms with Crippen molar-refractivity contribution in [2.75, 3.05) is 17.7 Å². The third-order valence-electron chi connectivity index (χ3n) is 3.18. The number of nitrogen functional groups attached to an aromatic ring is 1. The van der Waals surface area contributed by atoms with Gasteiger partial charge in [-0.15, -0.1) is 0 Å². The molecule has 4 heteroatoms. The average Bonchev–Trinajstić information content (AvgIpc) is 2.44. The number of anilines is 2. The van der Waals surface area contributed by atoms with Crippen LogP contribution in [-0.2, 0) is 6.42 Å². The molecule has 2 rings (SSSR count). The first-order valence-corrected chi connectivity index (χ1v) is 6.48. The van der Waals surface area contributed by atoms with E-state index in [1.807, 2.05) is 43.3 Å². The van der Waals surface area contributed by atoms with Gasteiger partial charge in [0.2, 0.25) is 0 Å². The number of carbonyl (C=O) groups excluding carboxylic acids is 1. The van der Waals surface area contributed by atoms with Crippen molar-refractivity contribution in [3.63, 3.8) is 0 Å². The molecule has 0 aliphatic heterocycles. The summed E-state index contributed by atoms with van der Waals surface area (Å²) in [6.45, 7) is 1.99. The number of hydrogen-bond acceptors (Lipinski definition) is 3. The molecule has 0 atom stereocenters. The number of aliphatic hydroxyl groups excluding tert-OH is 1. The standard InChI is InChI=1S/C16H18N2O2/c1-11-3-2-4-14(15(11)17)16(20)18-13-7-5-12(6-8-13)9-10-19/h2-8,19H,9-10,17H2,1H3,(H,18,20). The number of nitrogens with one attached hydrogen (secondary N) is 1. The molecule has 1 amide bonds. The van der Waals surface area contributed by atoms with Gasteiger partial charge < -0.3 is 16.2 Å². The number of aliphatic hydroxyl groups is 1. The van der Waals surface area contributed by atoms with E-state index in [4.69, 9.17) is 10.8 Å². The van der Waals surface area contributed by atoms with Gasteiger partial charge in [-0.3, -0.25) is 4.79 Å². The van der Waals surface area contributed by atoms with Gasteiger partial charge in [0.1, 0.15) is 0 Å². The monoisotopic (exact) mass is 270 g/mol. The summed E-state index contributed by atoms with van der Waals surface area (Å²) in [5, 5.41) is 11.7. The Kier molecular flexibility index (Phi) is 4.38. The van der Waals surface area contributed by atoms with Crippen LogP contribution in [0.5, 0.6) is 0 Å². The molecule has 2 aromatic rings. The Morgan fingerprint density at radius 1 is 1.20 bits per heavy atom. The maximum Gasteiger partial charge on any atom is 0.257 e. The van der Waals surface area contributed by atoms with Crippen molar-refractivity contribution in [2.45, 2.75) is 13.3 Å². The fraction of sp³-hybridized carbons (Fsp3) is 0.188. The quantitative estimate of drug-likeness (QED) is 0.747. The SMILES string of the molecule is Cc1cccc(C(=O)Nc2ccc(CCO)cc2)c1N. The van der Waals surface area contributed by atoms with Crippen LogP contribution in [0.15, 0.2) is 42.5 Å². The largest absolute Gasteiger partial charge is 0.398 e. The summed E-state index contributed by atoms with van der Waals surface area (Å²) in [6.07, 6.45) is 0.610. The lowest BCUT2D eigenvalue weighted by atomic mass is 10.1. The van der Waals surface area contributed by atoms with Crippen LogP contribution in [0.2, 0.25) is 0 Å². The Balaban J connectivity index is 2.13. The smallest absolute Gasteiger partial charge is 0.257 e. The molecule has 0 fully saturated rings. The highest BCUT2D eigenvalue weighted by Crippen LogP contribution is 2.18. The third kappa shape index (κ3) is 3.16. The summed E-state index contributed by atoms with van der Waals surface area (Å²) in [5.41, 5.74) is 9.51. The predicted molar refractivity (Wildman–Crippen MR) is 80.8 cm³/mol. The van der Waals surface area contributed by atoms with Crippen molar-refractivity contribution in [1.82, 2.24) is 0 Å². The van der Waals surface area contributed by atoms with E-state index in [1.165, 1.54) is 0 Å². The number of amides is 1. The van der Waals surface area contributed by atoms with E-state index in [0.29, 0.717) is 23.4 Å². The van der Waals surface area contributed by atoms with Gasteiger partial charge in [-0.2, -0.15) is 0 Å². The predicted octanol–water partition coefficient (Wildman–Crippen LogP) is 2.36. The summed E-state index contributed by atoms with van der Waals surface area (Å²) in [4.78, 5) is 12.2. The second-order valence-corrected chi connectivity index (χ2v) is 4.66. The molecule has 20 heavy (non-hydrogen) atoms. The van der Waals surface area contributed by atoms with Gasteiger partial charge in [-0.05, 0) is 42.7 Å². The van der Waals surface area contributed by atoms with E-state index in [9.17, 15) is 4.79 Å². The lowest BCUT2D eigenvalue weighted by molar-refractivity contribution is 0.102. The van der Waals surface area contributed by atoms with Crippen molar-refractivity contribution in [3.8, 4) is 0 Å². The van der Waals surface area contributed by atoms with Crippen LogP contribution in [0.3, 0.4) is 0 Å². The third-order valence-corrected chi connectivity index (χ3v) is 3.18. The lowest BCUT2D eigenvalue weighted by Gasteiger charge is -2.09. The van der Waals surface area contributed by atoms with Gasteiger partial charge in [-0.1, -0.05) is 24.3 Å². The van der Waals surface area contributed by atoms with Gasteiger partial charge in [0.25, 0.3) is 5.91 Å². The van der Waals surface area contributed by atoms with Crippen molar-refractivity contribution in [3.05, 3.63) is 59.2 Å². The zero-order chi connectivity index (χ0) is 14.5. The Morgan fingerprint density at radius 2 is 1.90 bits per heavy atom. The van der Waals surface area contributed by atoms with Crippen molar-refractivity contribution < 1.29 is 9.90 Å². The first kappa shape index (κ1) is 14.1. The van der Waals surface area contributed by atoms with Gasteiger partial charge in [0.15, 0.2) is 0 Å². The van der Waals surface area contributed by atoms with E-state index in [0.717, 1.165) is 11.1 Å². The highest BCUT2D eigenvalue weighted by Gasteiger charge is 2.10. The normalized spacial score (nSPS) is 10.3. The van der Waals surface area contributed by atoms with Crippen molar-refractivity contribution in [1.29, 1.82) is 0 Å². The van der Waals surface area contributed by atoms with E-state index in [2.05, 4.69) is 5.32 Å². The summed E-state index contributed by atoms with van der Waals surface area (Å²) < 4.78 is 0. The Labute approximate surface area is 118 Å². The molecule has 0 unspecified atom stereocenters. The van der Waals surface area contributed by atoms with Crippen LogP contribution < -0.4 is 11.1 Å². The van der Waals surface area contributed by atoms with Gasteiger partial charge in [0.05, 0.1) is 5.56 Å². The molecule has 0 aliphatic carbocycles.